The van der Waals surface area contributed by atoms with Crippen molar-refractivity contribution in [3.8, 4) is 5.88 Å². The third-order valence-electron chi connectivity index (χ3n) is 2.02. The summed E-state index contributed by atoms with van der Waals surface area (Å²) in [7, 11) is 1.43. The van der Waals surface area contributed by atoms with E-state index in [-0.39, 0.29) is 18.5 Å². The van der Waals surface area contributed by atoms with Crippen molar-refractivity contribution in [2.75, 3.05) is 7.11 Å². The molecule has 16 heavy (non-hydrogen) atoms. The molecule has 0 fully saturated rings. The van der Waals surface area contributed by atoms with Gasteiger partial charge in [0.15, 0.2) is 0 Å². The van der Waals surface area contributed by atoms with Crippen LogP contribution in [0.4, 0.5) is 0 Å². The van der Waals surface area contributed by atoms with Gasteiger partial charge in [-0.2, -0.15) is 0 Å². The molecule has 1 aromatic heterocycles. The molecule has 0 saturated heterocycles. The van der Waals surface area contributed by atoms with Gasteiger partial charge in [0.25, 0.3) is 5.56 Å². The Morgan fingerprint density at radius 3 is 2.94 bits per heavy atom. The van der Waals surface area contributed by atoms with Crippen LogP contribution in [0.5, 0.6) is 5.88 Å². The first-order chi connectivity index (χ1) is 7.54. The maximum absolute atomic E-state index is 11.3. The van der Waals surface area contributed by atoms with E-state index in [9.17, 15) is 9.59 Å². The predicted molar refractivity (Wildman–Crippen MR) is 55.3 cm³/mol. The molecule has 0 aromatic carbocycles. The van der Waals surface area contributed by atoms with Gasteiger partial charge in [-0.1, -0.05) is 0 Å². The predicted octanol–water partition coefficient (Wildman–Crippen LogP) is -0.946. The lowest BCUT2D eigenvalue weighted by Crippen LogP contribution is -2.33. The third-order valence-corrected chi connectivity index (χ3v) is 2.02. The quantitative estimate of drug-likeness (QED) is 0.671. The van der Waals surface area contributed by atoms with Gasteiger partial charge in [-0.05, 0) is 6.42 Å². The van der Waals surface area contributed by atoms with E-state index in [0.717, 1.165) is 4.68 Å². The lowest BCUT2D eigenvalue weighted by Gasteiger charge is -2.08. The highest BCUT2D eigenvalue weighted by Crippen LogP contribution is 2.00. The van der Waals surface area contributed by atoms with E-state index in [4.69, 9.17) is 15.6 Å². The van der Waals surface area contributed by atoms with Crippen molar-refractivity contribution in [2.45, 2.75) is 19.0 Å². The highest BCUT2D eigenvalue weighted by atomic mass is 16.5. The summed E-state index contributed by atoms with van der Waals surface area (Å²) < 4.78 is 5.97. The minimum Gasteiger partial charge on any atom is -0.480 e. The average Bonchev–Trinajstić information content (AvgIpc) is 2.27. The van der Waals surface area contributed by atoms with Gasteiger partial charge in [-0.25, -0.2) is 4.68 Å². The van der Waals surface area contributed by atoms with Gasteiger partial charge in [0.05, 0.1) is 7.11 Å². The smallest absolute Gasteiger partial charge is 0.320 e. The van der Waals surface area contributed by atoms with E-state index in [1.54, 1.807) is 0 Å². The van der Waals surface area contributed by atoms with E-state index in [1.807, 2.05) is 0 Å². The maximum atomic E-state index is 11.3. The first-order valence-corrected chi connectivity index (χ1v) is 4.65. The number of carboxylic acids is 1. The summed E-state index contributed by atoms with van der Waals surface area (Å²) in [4.78, 5) is 21.8. The molecule has 1 unspecified atom stereocenters. The van der Waals surface area contributed by atoms with Crippen molar-refractivity contribution in [3.05, 3.63) is 22.5 Å². The number of nitrogens with zero attached hydrogens (tertiary/aromatic N) is 2. The molecule has 3 N–H and O–H groups in total. The fourth-order valence-corrected chi connectivity index (χ4v) is 1.08. The van der Waals surface area contributed by atoms with Crippen LogP contribution >= 0.6 is 0 Å². The molecule has 0 radical (unpaired) electrons. The van der Waals surface area contributed by atoms with E-state index in [0.29, 0.717) is 5.88 Å². The molecule has 0 bridgehead atoms. The number of hydrogen-bond donors (Lipinski definition) is 2. The number of carbonyl (C=O) groups is 1. The second-order valence-electron chi connectivity index (χ2n) is 3.17. The maximum Gasteiger partial charge on any atom is 0.320 e. The Bertz CT molecular complexity index is 429. The topological polar surface area (TPSA) is 107 Å². The molecule has 1 aromatic rings. The number of aliphatic carboxylic acids is 1. The summed E-state index contributed by atoms with van der Waals surface area (Å²) in [5.41, 5.74) is 4.99. The minimum atomic E-state index is -1.10. The molecule has 7 heteroatoms. The number of hydrogen-bond acceptors (Lipinski definition) is 5. The molecule has 0 aliphatic carbocycles. The fraction of sp³-hybridized carbons (Fsp3) is 0.444. The van der Waals surface area contributed by atoms with Crippen LogP contribution < -0.4 is 16.0 Å². The van der Waals surface area contributed by atoms with Gasteiger partial charge in [-0.15, -0.1) is 5.10 Å². The van der Waals surface area contributed by atoms with Crippen LogP contribution in [-0.2, 0) is 11.3 Å². The van der Waals surface area contributed by atoms with Crippen LogP contribution in [0.1, 0.15) is 6.42 Å². The van der Waals surface area contributed by atoms with Gasteiger partial charge in [0, 0.05) is 18.7 Å². The molecule has 0 aliphatic heterocycles. The largest absolute Gasteiger partial charge is 0.480 e. The van der Waals surface area contributed by atoms with Crippen LogP contribution in [0.25, 0.3) is 0 Å². The summed E-state index contributed by atoms with van der Waals surface area (Å²) in [6.45, 7) is 0.142. The summed E-state index contributed by atoms with van der Waals surface area (Å²) in [6, 6.07) is 1.74. The number of ether oxygens (including phenoxy) is 1. The van der Waals surface area contributed by atoms with E-state index in [2.05, 4.69) is 5.10 Å². The van der Waals surface area contributed by atoms with Crippen LogP contribution in [0.2, 0.25) is 0 Å². The standard InChI is InChI=1S/C9H13N3O4/c1-16-7-2-3-8(13)12(11-7)5-4-6(10)9(14)15/h2-3,6H,4-5,10H2,1H3,(H,14,15). The van der Waals surface area contributed by atoms with Gasteiger partial charge < -0.3 is 15.6 Å². The van der Waals surface area contributed by atoms with Crippen LogP contribution in [0.15, 0.2) is 16.9 Å². The number of carboxylic acid groups (broad SMARTS) is 1. The molecular weight excluding hydrogens is 214 g/mol. The molecule has 1 rings (SSSR count). The molecule has 7 nitrogen and oxygen atoms in total. The number of aromatic nitrogens is 2. The second-order valence-corrected chi connectivity index (χ2v) is 3.17. The Morgan fingerprint density at radius 1 is 1.69 bits per heavy atom. The van der Waals surface area contributed by atoms with E-state index >= 15 is 0 Å². The lowest BCUT2D eigenvalue weighted by atomic mass is 10.2. The monoisotopic (exact) mass is 227 g/mol. The van der Waals surface area contributed by atoms with E-state index in [1.165, 1.54) is 19.2 Å². The third kappa shape index (κ3) is 3.06. The average molecular weight is 227 g/mol. The Kier molecular flexibility index (Phi) is 4.01. The highest BCUT2D eigenvalue weighted by molar-refractivity contribution is 5.72. The van der Waals surface area contributed by atoms with Crippen molar-refractivity contribution in [2.24, 2.45) is 5.73 Å². The van der Waals surface area contributed by atoms with E-state index < -0.39 is 12.0 Å². The minimum absolute atomic E-state index is 0.134. The molecule has 0 amide bonds. The SMILES string of the molecule is COc1ccc(=O)n(CCC(N)C(=O)O)n1. The molecule has 0 aliphatic rings. The first kappa shape index (κ1) is 12.2. The van der Waals surface area contributed by atoms with Crippen molar-refractivity contribution < 1.29 is 14.6 Å². The zero-order valence-electron chi connectivity index (χ0n) is 8.79. The Balaban J connectivity index is 2.73. The fourth-order valence-electron chi connectivity index (χ4n) is 1.08. The van der Waals surface area contributed by atoms with Crippen LogP contribution in [0.3, 0.4) is 0 Å². The zero-order valence-corrected chi connectivity index (χ0v) is 8.79. The van der Waals surface area contributed by atoms with Gasteiger partial charge in [0.1, 0.15) is 6.04 Å². The van der Waals surface area contributed by atoms with Crippen molar-refractivity contribution in [1.82, 2.24) is 9.78 Å². The lowest BCUT2D eigenvalue weighted by molar-refractivity contribution is -0.138. The summed E-state index contributed by atoms with van der Waals surface area (Å²) in [5, 5.41) is 12.4. The number of nitrogens with two attached hydrogens (primary N) is 1. The molecule has 0 spiro atoms. The van der Waals surface area contributed by atoms with Crippen molar-refractivity contribution >= 4 is 5.97 Å². The van der Waals surface area contributed by atoms with Crippen LogP contribution in [-0.4, -0.2) is 34.0 Å². The Hall–Kier alpha value is -1.89. The molecule has 88 valence electrons. The number of methoxy groups -OCH3 is 1. The van der Waals surface area contributed by atoms with Crippen molar-refractivity contribution in [3.63, 3.8) is 0 Å². The first-order valence-electron chi connectivity index (χ1n) is 4.65. The Labute approximate surface area is 91.4 Å². The zero-order chi connectivity index (χ0) is 12.1. The number of aryl methyl sites for hydroxylation is 1. The molecular formula is C9H13N3O4. The number of rotatable bonds is 5. The Morgan fingerprint density at radius 2 is 2.38 bits per heavy atom. The van der Waals surface area contributed by atoms with Gasteiger partial charge >= 0.3 is 5.97 Å². The van der Waals surface area contributed by atoms with Gasteiger partial charge in [0.2, 0.25) is 5.88 Å². The molecule has 0 saturated carbocycles. The molecule has 1 atom stereocenters. The summed E-state index contributed by atoms with van der Waals surface area (Å²) >= 11 is 0. The normalized spacial score (nSPS) is 12.1. The second kappa shape index (κ2) is 5.26. The summed E-state index contributed by atoms with van der Waals surface area (Å²) in [6.07, 6.45) is 0.134. The van der Waals surface area contributed by atoms with Gasteiger partial charge in [-0.3, -0.25) is 9.59 Å². The summed E-state index contributed by atoms with van der Waals surface area (Å²) in [5.74, 6) is -0.806. The van der Waals surface area contributed by atoms with Crippen LogP contribution in [0, 0.1) is 0 Å². The molecule has 1 heterocycles. The highest BCUT2D eigenvalue weighted by Gasteiger charge is 2.11. The van der Waals surface area contributed by atoms with Crippen molar-refractivity contribution in [1.29, 1.82) is 0 Å².